The first-order valence-electron chi connectivity index (χ1n) is 7.05. The summed E-state index contributed by atoms with van der Waals surface area (Å²) in [7, 11) is 3.86. The molecule has 0 radical (unpaired) electrons. The number of likely N-dealkylation sites (N-methyl/N-ethyl adjacent to an activating group) is 1. The molecule has 0 saturated heterocycles. The summed E-state index contributed by atoms with van der Waals surface area (Å²) in [6.07, 6.45) is 2.86. The highest BCUT2D eigenvalue weighted by Gasteiger charge is 2.13. The van der Waals surface area contributed by atoms with E-state index < -0.39 is 11.6 Å². The van der Waals surface area contributed by atoms with Crippen LogP contribution in [0.25, 0.3) is 0 Å². The predicted octanol–water partition coefficient (Wildman–Crippen LogP) is 2.19. The van der Waals surface area contributed by atoms with Crippen LogP contribution in [-0.2, 0) is 6.54 Å². The Bertz CT molecular complexity index is 695. The van der Waals surface area contributed by atoms with E-state index >= 15 is 0 Å². The summed E-state index contributed by atoms with van der Waals surface area (Å²) in [5.74, 6) is -0.666. The zero-order valence-electron chi connectivity index (χ0n) is 13.0. The third-order valence-electron chi connectivity index (χ3n) is 3.27. The molecule has 0 fully saturated rings. The fourth-order valence-corrected chi connectivity index (χ4v) is 1.99. The van der Waals surface area contributed by atoms with Crippen molar-refractivity contribution in [3.8, 4) is 6.07 Å². The van der Waals surface area contributed by atoms with E-state index in [4.69, 9.17) is 5.26 Å². The minimum Gasteiger partial charge on any atom is -0.350 e. The largest absolute Gasteiger partial charge is 0.350 e. The Morgan fingerprint density at radius 1 is 1.13 bits per heavy atom. The standard InChI is InChI=1S/C16H17F2N5/c1-22(2)5-6-23(16-10-20-14(8-19)9-21-16)11-12-3-4-13(17)7-15(12)18/h3-4,7,9-10H,5-6,11H2,1-2H3. The van der Waals surface area contributed by atoms with E-state index in [1.165, 1.54) is 24.5 Å². The number of nitriles is 1. The molecular weight excluding hydrogens is 300 g/mol. The molecule has 0 saturated carbocycles. The van der Waals surface area contributed by atoms with E-state index in [-0.39, 0.29) is 12.2 Å². The third kappa shape index (κ3) is 4.69. The molecule has 0 atom stereocenters. The molecule has 2 aromatic rings. The predicted molar refractivity (Wildman–Crippen MR) is 82.7 cm³/mol. The van der Waals surface area contributed by atoms with E-state index in [1.54, 1.807) is 0 Å². The first-order valence-corrected chi connectivity index (χ1v) is 7.05. The number of rotatable bonds is 6. The van der Waals surface area contributed by atoms with Crippen molar-refractivity contribution in [3.63, 3.8) is 0 Å². The lowest BCUT2D eigenvalue weighted by molar-refractivity contribution is 0.411. The number of hydrogen-bond donors (Lipinski definition) is 0. The van der Waals surface area contributed by atoms with Crippen molar-refractivity contribution in [2.45, 2.75) is 6.54 Å². The fourth-order valence-electron chi connectivity index (χ4n) is 1.99. The molecule has 0 aliphatic rings. The monoisotopic (exact) mass is 317 g/mol. The van der Waals surface area contributed by atoms with Gasteiger partial charge in [-0.25, -0.2) is 18.7 Å². The van der Waals surface area contributed by atoms with Gasteiger partial charge in [-0.1, -0.05) is 6.07 Å². The van der Waals surface area contributed by atoms with Gasteiger partial charge in [0.15, 0.2) is 5.69 Å². The molecule has 1 aromatic carbocycles. The average Bonchev–Trinajstić information content (AvgIpc) is 2.53. The summed E-state index contributed by atoms with van der Waals surface area (Å²) in [6.45, 7) is 1.55. The summed E-state index contributed by atoms with van der Waals surface area (Å²) < 4.78 is 26.9. The van der Waals surface area contributed by atoms with Crippen LogP contribution in [-0.4, -0.2) is 42.1 Å². The first-order chi connectivity index (χ1) is 11.0. The van der Waals surface area contributed by atoms with Crippen molar-refractivity contribution < 1.29 is 8.78 Å². The van der Waals surface area contributed by atoms with E-state index in [2.05, 4.69) is 9.97 Å². The van der Waals surface area contributed by atoms with Crippen LogP contribution in [0, 0.1) is 23.0 Å². The normalized spacial score (nSPS) is 10.6. The van der Waals surface area contributed by atoms with Crippen LogP contribution in [0.4, 0.5) is 14.6 Å². The second kappa shape index (κ2) is 7.61. The summed E-state index contributed by atoms with van der Waals surface area (Å²) >= 11 is 0. The fraction of sp³-hybridized carbons (Fsp3) is 0.312. The van der Waals surface area contributed by atoms with Gasteiger partial charge in [-0.2, -0.15) is 5.26 Å². The number of anilines is 1. The molecule has 0 spiro atoms. The molecule has 0 bridgehead atoms. The van der Waals surface area contributed by atoms with E-state index in [9.17, 15) is 8.78 Å². The van der Waals surface area contributed by atoms with Gasteiger partial charge in [0.1, 0.15) is 23.5 Å². The van der Waals surface area contributed by atoms with Gasteiger partial charge in [0.05, 0.1) is 12.4 Å². The van der Waals surface area contributed by atoms with Crippen LogP contribution in [0.15, 0.2) is 30.6 Å². The molecule has 0 N–H and O–H groups in total. The zero-order valence-corrected chi connectivity index (χ0v) is 13.0. The summed E-state index contributed by atoms with van der Waals surface area (Å²) in [5, 5.41) is 8.78. The van der Waals surface area contributed by atoms with Gasteiger partial charge in [0.2, 0.25) is 0 Å². The van der Waals surface area contributed by atoms with Crippen LogP contribution in [0.2, 0.25) is 0 Å². The van der Waals surface area contributed by atoms with Crippen LogP contribution in [0.1, 0.15) is 11.3 Å². The van der Waals surface area contributed by atoms with Crippen LogP contribution >= 0.6 is 0 Å². The molecular formula is C16H17F2N5. The van der Waals surface area contributed by atoms with Gasteiger partial charge < -0.3 is 9.80 Å². The Morgan fingerprint density at radius 2 is 1.91 bits per heavy atom. The molecule has 2 rings (SSSR count). The Labute approximate surface area is 133 Å². The lowest BCUT2D eigenvalue weighted by Crippen LogP contribution is -2.32. The number of hydrogen-bond acceptors (Lipinski definition) is 5. The Morgan fingerprint density at radius 3 is 2.48 bits per heavy atom. The van der Waals surface area contributed by atoms with Gasteiger partial charge >= 0.3 is 0 Å². The van der Waals surface area contributed by atoms with Gasteiger partial charge in [0, 0.05) is 31.3 Å². The Kier molecular flexibility index (Phi) is 5.55. The quantitative estimate of drug-likeness (QED) is 0.817. The van der Waals surface area contributed by atoms with E-state index in [1.807, 2.05) is 30.0 Å². The Balaban J connectivity index is 2.23. The minimum absolute atomic E-state index is 0.217. The van der Waals surface area contributed by atoms with Crippen molar-refractivity contribution in [1.29, 1.82) is 5.26 Å². The van der Waals surface area contributed by atoms with E-state index in [0.717, 1.165) is 12.6 Å². The summed E-state index contributed by atoms with van der Waals surface area (Å²) in [5.41, 5.74) is 0.589. The Hall–Kier alpha value is -2.59. The molecule has 120 valence electrons. The maximum Gasteiger partial charge on any atom is 0.158 e. The zero-order chi connectivity index (χ0) is 16.8. The van der Waals surface area contributed by atoms with Gasteiger partial charge in [0.25, 0.3) is 0 Å². The highest BCUT2D eigenvalue weighted by atomic mass is 19.1. The highest BCUT2D eigenvalue weighted by molar-refractivity contribution is 5.39. The highest BCUT2D eigenvalue weighted by Crippen LogP contribution is 2.17. The second-order valence-corrected chi connectivity index (χ2v) is 5.33. The van der Waals surface area contributed by atoms with Crippen LogP contribution in [0.5, 0.6) is 0 Å². The van der Waals surface area contributed by atoms with Gasteiger partial charge in [-0.3, -0.25) is 0 Å². The average molecular weight is 317 g/mol. The maximum atomic E-state index is 13.9. The van der Waals surface area contributed by atoms with Crippen LogP contribution in [0.3, 0.4) is 0 Å². The number of halogens is 2. The molecule has 7 heteroatoms. The second-order valence-electron chi connectivity index (χ2n) is 5.33. The topological polar surface area (TPSA) is 56.0 Å². The lowest BCUT2D eigenvalue weighted by atomic mass is 10.2. The molecule has 0 aliphatic carbocycles. The smallest absolute Gasteiger partial charge is 0.158 e. The maximum absolute atomic E-state index is 13.9. The SMILES string of the molecule is CN(C)CCN(Cc1ccc(F)cc1F)c1cnc(C#N)cn1. The molecule has 5 nitrogen and oxygen atoms in total. The first kappa shape index (κ1) is 16.8. The molecule has 0 aliphatic heterocycles. The van der Waals surface area contributed by atoms with Crippen molar-refractivity contribution in [2.24, 2.45) is 0 Å². The summed E-state index contributed by atoms with van der Waals surface area (Å²) in [6, 6.07) is 5.42. The van der Waals surface area contributed by atoms with Crippen LogP contribution < -0.4 is 4.90 Å². The minimum atomic E-state index is -0.607. The van der Waals surface area contributed by atoms with Crippen molar-refractivity contribution in [3.05, 3.63) is 53.5 Å². The molecule has 0 unspecified atom stereocenters. The third-order valence-corrected chi connectivity index (χ3v) is 3.27. The van der Waals surface area contributed by atoms with E-state index in [0.29, 0.717) is 17.9 Å². The van der Waals surface area contributed by atoms with Crippen molar-refractivity contribution >= 4 is 5.82 Å². The van der Waals surface area contributed by atoms with Crippen molar-refractivity contribution in [1.82, 2.24) is 14.9 Å². The molecule has 23 heavy (non-hydrogen) atoms. The van der Waals surface area contributed by atoms with Gasteiger partial charge in [-0.05, 0) is 20.2 Å². The lowest BCUT2D eigenvalue weighted by Gasteiger charge is -2.25. The summed E-state index contributed by atoms with van der Waals surface area (Å²) in [4.78, 5) is 12.0. The van der Waals surface area contributed by atoms with Gasteiger partial charge in [-0.15, -0.1) is 0 Å². The number of aromatic nitrogens is 2. The molecule has 0 amide bonds. The van der Waals surface area contributed by atoms with Crippen molar-refractivity contribution in [2.75, 3.05) is 32.1 Å². The number of benzene rings is 1. The molecule has 1 aromatic heterocycles. The number of nitrogens with zero attached hydrogens (tertiary/aromatic N) is 5. The molecule has 1 heterocycles.